The molecule has 2 N–H and O–H groups in total. The van der Waals surface area contributed by atoms with Gasteiger partial charge in [0.1, 0.15) is 6.42 Å². The molecule has 0 spiro atoms. The van der Waals surface area contributed by atoms with E-state index in [9.17, 15) is 22.8 Å². The summed E-state index contributed by atoms with van der Waals surface area (Å²) in [4.78, 5) is 23.4. The maximum atomic E-state index is 13.4. The number of anilines is 2. The summed E-state index contributed by atoms with van der Waals surface area (Å²) in [6.45, 7) is 0. The Balaban J connectivity index is 1.97. The molecule has 0 aliphatic heterocycles. The SMILES string of the molecule is O=C(CC(=O)Nc1ccc(F)c(F)c1F)Nc1cccc(Br)c1. The van der Waals surface area contributed by atoms with Crippen molar-refractivity contribution in [1.29, 1.82) is 0 Å². The first-order valence-electron chi connectivity index (χ1n) is 6.35. The van der Waals surface area contributed by atoms with Crippen LogP contribution in [0, 0.1) is 17.5 Å². The molecular weight excluding hydrogens is 377 g/mol. The van der Waals surface area contributed by atoms with Gasteiger partial charge in [-0.25, -0.2) is 13.2 Å². The number of carbonyl (C=O) groups is 2. The molecule has 0 saturated carbocycles. The van der Waals surface area contributed by atoms with E-state index in [-0.39, 0.29) is 0 Å². The van der Waals surface area contributed by atoms with Crippen LogP contribution in [0.1, 0.15) is 6.42 Å². The van der Waals surface area contributed by atoms with Gasteiger partial charge < -0.3 is 10.6 Å². The van der Waals surface area contributed by atoms with Crippen molar-refractivity contribution in [1.82, 2.24) is 0 Å². The summed E-state index contributed by atoms with van der Waals surface area (Å²) in [5.41, 5.74) is -0.0691. The molecule has 2 aromatic rings. The number of nitrogens with one attached hydrogen (secondary N) is 2. The largest absolute Gasteiger partial charge is 0.326 e. The lowest BCUT2D eigenvalue weighted by molar-refractivity contribution is -0.123. The first-order valence-corrected chi connectivity index (χ1v) is 7.15. The van der Waals surface area contributed by atoms with Gasteiger partial charge in [0.15, 0.2) is 17.5 Å². The van der Waals surface area contributed by atoms with Crippen LogP contribution >= 0.6 is 15.9 Å². The van der Waals surface area contributed by atoms with Crippen LogP contribution in [0.2, 0.25) is 0 Å². The lowest BCUT2D eigenvalue weighted by atomic mass is 10.2. The number of hydrogen-bond acceptors (Lipinski definition) is 2. The van der Waals surface area contributed by atoms with Crippen molar-refractivity contribution in [3.05, 3.63) is 58.3 Å². The second kappa shape index (κ2) is 7.28. The van der Waals surface area contributed by atoms with E-state index in [4.69, 9.17) is 0 Å². The molecule has 2 aromatic carbocycles. The molecule has 23 heavy (non-hydrogen) atoms. The zero-order valence-corrected chi connectivity index (χ0v) is 13.1. The van der Waals surface area contributed by atoms with Crippen LogP contribution in [0.25, 0.3) is 0 Å². The van der Waals surface area contributed by atoms with E-state index in [0.717, 1.165) is 10.5 Å². The van der Waals surface area contributed by atoms with E-state index in [2.05, 4.69) is 21.2 Å². The minimum absolute atomic E-state index is 0.469. The molecule has 0 aliphatic carbocycles. The zero-order chi connectivity index (χ0) is 17.0. The standard InChI is InChI=1S/C15H10BrF3N2O2/c16-8-2-1-3-9(6-8)20-12(22)7-13(23)21-11-5-4-10(17)14(18)15(11)19/h1-6H,7H2,(H,20,22)(H,21,23). The van der Waals surface area contributed by atoms with E-state index in [0.29, 0.717) is 11.8 Å². The van der Waals surface area contributed by atoms with Crippen molar-refractivity contribution >= 4 is 39.1 Å². The Morgan fingerprint density at radius 3 is 2.35 bits per heavy atom. The molecule has 0 bridgehead atoms. The number of rotatable bonds is 4. The number of benzene rings is 2. The normalized spacial score (nSPS) is 10.3. The van der Waals surface area contributed by atoms with Crippen LogP contribution in [-0.2, 0) is 9.59 Å². The van der Waals surface area contributed by atoms with Gasteiger partial charge in [-0.05, 0) is 30.3 Å². The second-order valence-corrected chi connectivity index (χ2v) is 5.42. The van der Waals surface area contributed by atoms with Gasteiger partial charge in [0.05, 0.1) is 5.69 Å². The number of halogens is 4. The van der Waals surface area contributed by atoms with Crippen LogP contribution in [0.3, 0.4) is 0 Å². The van der Waals surface area contributed by atoms with Crippen molar-refractivity contribution in [3.8, 4) is 0 Å². The fourth-order valence-corrected chi connectivity index (χ4v) is 2.13. The maximum absolute atomic E-state index is 13.4. The highest BCUT2D eigenvalue weighted by Crippen LogP contribution is 2.20. The monoisotopic (exact) mass is 386 g/mol. The summed E-state index contributed by atoms with van der Waals surface area (Å²) in [6, 6.07) is 8.25. The van der Waals surface area contributed by atoms with E-state index >= 15 is 0 Å². The highest BCUT2D eigenvalue weighted by Gasteiger charge is 2.16. The number of carbonyl (C=O) groups excluding carboxylic acids is 2. The Bertz CT molecular complexity index is 768. The van der Waals surface area contributed by atoms with E-state index in [1.807, 2.05) is 5.32 Å². The maximum Gasteiger partial charge on any atom is 0.233 e. The van der Waals surface area contributed by atoms with Gasteiger partial charge in [0.25, 0.3) is 0 Å². The molecule has 0 saturated heterocycles. The van der Waals surface area contributed by atoms with Gasteiger partial charge in [-0.15, -0.1) is 0 Å². The third-order valence-electron chi connectivity index (χ3n) is 2.74. The average molecular weight is 387 g/mol. The molecule has 2 rings (SSSR count). The molecule has 0 atom stereocenters. The second-order valence-electron chi connectivity index (χ2n) is 4.51. The molecule has 0 heterocycles. The molecule has 0 fully saturated rings. The lowest BCUT2D eigenvalue weighted by Gasteiger charge is -2.08. The first-order chi connectivity index (χ1) is 10.9. The summed E-state index contributed by atoms with van der Waals surface area (Å²) in [7, 11) is 0. The summed E-state index contributed by atoms with van der Waals surface area (Å²) in [5.74, 6) is -6.08. The molecule has 0 unspecified atom stereocenters. The number of hydrogen-bond donors (Lipinski definition) is 2. The summed E-state index contributed by atoms with van der Waals surface area (Å²) in [6.07, 6.45) is -0.606. The summed E-state index contributed by atoms with van der Waals surface area (Å²) < 4.78 is 40.0. The highest BCUT2D eigenvalue weighted by atomic mass is 79.9. The van der Waals surface area contributed by atoms with Crippen LogP contribution in [-0.4, -0.2) is 11.8 Å². The van der Waals surface area contributed by atoms with Crippen LogP contribution in [0.5, 0.6) is 0 Å². The molecule has 0 aliphatic rings. The number of amides is 2. The van der Waals surface area contributed by atoms with Crippen LogP contribution in [0.4, 0.5) is 24.5 Å². The molecule has 8 heteroatoms. The Kier molecular flexibility index (Phi) is 5.38. The summed E-state index contributed by atoms with van der Waals surface area (Å²) in [5, 5.41) is 4.49. The van der Waals surface area contributed by atoms with Gasteiger partial charge >= 0.3 is 0 Å². The van der Waals surface area contributed by atoms with E-state index < -0.39 is 41.4 Å². The molecular formula is C15H10BrF3N2O2. The average Bonchev–Trinajstić information content (AvgIpc) is 2.47. The Morgan fingerprint density at radius 1 is 0.957 bits per heavy atom. The van der Waals surface area contributed by atoms with Crippen LogP contribution < -0.4 is 10.6 Å². The third kappa shape index (κ3) is 4.56. The van der Waals surface area contributed by atoms with Gasteiger partial charge in [0.2, 0.25) is 11.8 Å². The van der Waals surface area contributed by atoms with Crippen molar-refractivity contribution < 1.29 is 22.8 Å². The fraction of sp³-hybridized carbons (Fsp3) is 0.0667. The first kappa shape index (κ1) is 17.0. The minimum atomic E-state index is -1.69. The fourth-order valence-electron chi connectivity index (χ4n) is 1.73. The minimum Gasteiger partial charge on any atom is -0.326 e. The zero-order valence-electron chi connectivity index (χ0n) is 11.5. The van der Waals surface area contributed by atoms with Crippen molar-refractivity contribution in [2.45, 2.75) is 6.42 Å². The van der Waals surface area contributed by atoms with Gasteiger partial charge in [-0.2, -0.15) is 0 Å². The lowest BCUT2D eigenvalue weighted by Crippen LogP contribution is -2.22. The van der Waals surface area contributed by atoms with Crippen molar-refractivity contribution in [2.75, 3.05) is 10.6 Å². The topological polar surface area (TPSA) is 58.2 Å². The smallest absolute Gasteiger partial charge is 0.233 e. The summed E-state index contributed by atoms with van der Waals surface area (Å²) >= 11 is 3.23. The molecule has 0 radical (unpaired) electrons. The predicted molar refractivity (Wildman–Crippen MR) is 82.3 cm³/mol. The van der Waals surface area contributed by atoms with Crippen molar-refractivity contribution in [2.24, 2.45) is 0 Å². The quantitative estimate of drug-likeness (QED) is 0.619. The Labute approximate surface area is 137 Å². The molecule has 4 nitrogen and oxygen atoms in total. The highest BCUT2D eigenvalue weighted by molar-refractivity contribution is 9.10. The molecule has 120 valence electrons. The van der Waals surface area contributed by atoms with Gasteiger partial charge in [0, 0.05) is 10.2 Å². The van der Waals surface area contributed by atoms with Gasteiger partial charge in [-0.3, -0.25) is 9.59 Å². The predicted octanol–water partition coefficient (Wildman–Crippen LogP) is 3.83. The molecule has 2 amide bonds. The van der Waals surface area contributed by atoms with Gasteiger partial charge in [-0.1, -0.05) is 22.0 Å². The molecule has 0 aromatic heterocycles. The van der Waals surface area contributed by atoms with E-state index in [1.165, 1.54) is 0 Å². The Morgan fingerprint density at radius 2 is 1.65 bits per heavy atom. The van der Waals surface area contributed by atoms with Crippen molar-refractivity contribution in [3.63, 3.8) is 0 Å². The Hall–Kier alpha value is -2.35. The third-order valence-corrected chi connectivity index (χ3v) is 3.23. The van der Waals surface area contributed by atoms with Crippen LogP contribution in [0.15, 0.2) is 40.9 Å². The van der Waals surface area contributed by atoms with E-state index in [1.54, 1.807) is 24.3 Å².